The molecule has 0 radical (unpaired) electrons. The molecule has 0 saturated carbocycles. The van der Waals surface area contributed by atoms with E-state index in [4.69, 9.17) is 0 Å². The summed E-state index contributed by atoms with van der Waals surface area (Å²) in [4.78, 5) is 21.0. The van der Waals surface area contributed by atoms with Gasteiger partial charge in [0.25, 0.3) is 0 Å². The third kappa shape index (κ3) is 4.86. The molecule has 7 nitrogen and oxygen atoms in total. The Morgan fingerprint density at radius 2 is 1.64 bits per heavy atom. The first-order valence-electron chi connectivity index (χ1n) is 15.7. The number of anilines is 1. The lowest BCUT2D eigenvalue weighted by atomic mass is 9.84. The van der Waals surface area contributed by atoms with Gasteiger partial charge in [0.05, 0.1) is 12.9 Å². The summed E-state index contributed by atoms with van der Waals surface area (Å²) in [5, 5.41) is 11.1. The molecule has 2 fully saturated rings. The number of aryl methyl sites for hydroxylation is 1. The van der Waals surface area contributed by atoms with Crippen LogP contribution in [0.25, 0.3) is 22.0 Å². The van der Waals surface area contributed by atoms with Gasteiger partial charge in [-0.1, -0.05) is 53.7 Å². The minimum atomic E-state index is -0.663. The van der Waals surface area contributed by atoms with Gasteiger partial charge in [-0.3, -0.25) is 14.4 Å². The van der Waals surface area contributed by atoms with Crippen LogP contribution in [0.3, 0.4) is 0 Å². The Labute approximate surface area is 260 Å². The van der Waals surface area contributed by atoms with Crippen molar-refractivity contribution in [3.05, 3.63) is 114 Å². The van der Waals surface area contributed by atoms with Crippen molar-refractivity contribution in [2.24, 2.45) is 0 Å². The van der Waals surface area contributed by atoms with Crippen LogP contribution in [-0.4, -0.2) is 62.5 Å². The van der Waals surface area contributed by atoms with Crippen LogP contribution in [0.15, 0.2) is 91.1 Å². The van der Waals surface area contributed by atoms with E-state index in [1.54, 1.807) is 28.9 Å². The standard InChI is InChI=1S/C36H34F2N6O/c37-28-11-13-30(14-12-28)44-24-42(17-4-18-43-23-32(39-40-43)26-7-2-9-29(38)21-26)35(45)36(44)15-19-41(20-16-36)33-22-27-8-1-5-25-6-3-10-31(33)34(25)27/h1-3,5-14,21,23,33H,4,15-20,22,24H2. The summed E-state index contributed by atoms with van der Waals surface area (Å²) >= 11 is 0. The second-order valence-corrected chi connectivity index (χ2v) is 12.5. The number of piperidine rings is 1. The van der Waals surface area contributed by atoms with Crippen molar-refractivity contribution in [1.82, 2.24) is 24.8 Å². The minimum absolute atomic E-state index is 0.141. The zero-order chi connectivity index (χ0) is 30.5. The summed E-state index contributed by atoms with van der Waals surface area (Å²) in [5.74, 6) is -0.460. The topological polar surface area (TPSA) is 57.5 Å². The van der Waals surface area contributed by atoms with E-state index >= 15 is 0 Å². The number of benzene rings is 4. The van der Waals surface area contributed by atoms with E-state index in [1.165, 1.54) is 46.2 Å². The molecule has 1 aromatic heterocycles. The Morgan fingerprint density at radius 1 is 0.867 bits per heavy atom. The van der Waals surface area contributed by atoms with E-state index in [1.807, 2.05) is 11.1 Å². The number of likely N-dealkylation sites (tertiary alicyclic amines) is 1. The van der Waals surface area contributed by atoms with Gasteiger partial charge in [0.15, 0.2) is 0 Å². The highest BCUT2D eigenvalue weighted by Crippen LogP contribution is 2.45. The Bertz CT molecular complexity index is 1880. The fraction of sp³-hybridized carbons (Fsp3) is 0.306. The molecule has 3 heterocycles. The summed E-state index contributed by atoms with van der Waals surface area (Å²) in [6, 6.07) is 26.3. The third-order valence-corrected chi connectivity index (χ3v) is 9.99. The number of aromatic nitrogens is 3. The highest BCUT2D eigenvalue weighted by Gasteiger charge is 2.54. The average molecular weight is 605 g/mol. The molecule has 5 aromatic rings. The lowest BCUT2D eigenvalue weighted by Gasteiger charge is -2.45. The molecule has 1 unspecified atom stereocenters. The van der Waals surface area contributed by atoms with Crippen LogP contribution in [0.1, 0.15) is 36.4 Å². The quantitative estimate of drug-likeness (QED) is 0.221. The van der Waals surface area contributed by atoms with Crippen LogP contribution in [0.5, 0.6) is 0 Å². The van der Waals surface area contributed by atoms with Crippen molar-refractivity contribution in [2.75, 3.05) is 31.2 Å². The highest BCUT2D eigenvalue weighted by atomic mass is 19.1. The molecule has 2 saturated heterocycles. The molecule has 1 spiro atoms. The third-order valence-electron chi connectivity index (χ3n) is 9.99. The summed E-state index contributed by atoms with van der Waals surface area (Å²) in [5.41, 5.74) is 4.29. The molecule has 8 rings (SSSR count). The predicted molar refractivity (Wildman–Crippen MR) is 169 cm³/mol. The van der Waals surface area contributed by atoms with E-state index in [0.717, 1.165) is 25.2 Å². The summed E-state index contributed by atoms with van der Waals surface area (Å²) in [7, 11) is 0. The zero-order valence-electron chi connectivity index (χ0n) is 24.9. The summed E-state index contributed by atoms with van der Waals surface area (Å²) < 4.78 is 29.3. The smallest absolute Gasteiger partial charge is 0.250 e. The molecule has 45 heavy (non-hydrogen) atoms. The number of amides is 1. The summed E-state index contributed by atoms with van der Waals surface area (Å²) in [6.45, 7) is 3.24. The molecule has 1 aliphatic carbocycles. The number of hydrogen-bond acceptors (Lipinski definition) is 5. The van der Waals surface area contributed by atoms with Crippen LogP contribution in [-0.2, 0) is 17.8 Å². The van der Waals surface area contributed by atoms with Gasteiger partial charge in [-0.2, -0.15) is 0 Å². The normalized spacial score (nSPS) is 19.3. The van der Waals surface area contributed by atoms with Crippen molar-refractivity contribution in [1.29, 1.82) is 0 Å². The Kier molecular flexibility index (Phi) is 6.86. The van der Waals surface area contributed by atoms with Crippen LogP contribution in [0.4, 0.5) is 14.5 Å². The minimum Gasteiger partial charge on any atom is -0.339 e. The van der Waals surface area contributed by atoms with Crippen LogP contribution in [0, 0.1) is 11.6 Å². The van der Waals surface area contributed by atoms with E-state index in [9.17, 15) is 13.6 Å². The van der Waals surface area contributed by atoms with Crippen molar-refractivity contribution in [2.45, 2.75) is 43.8 Å². The number of carbonyl (C=O) groups excluding carboxylic acids is 1. The van der Waals surface area contributed by atoms with E-state index in [-0.39, 0.29) is 17.5 Å². The van der Waals surface area contributed by atoms with Gasteiger partial charge in [0, 0.05) is 43.5 Å². The van der Waals surface area contributed by atoms with E-state index in [0.29, 0.717) is 56.3 Å². The van der Waals surface area contributed by atoms with Crippen LogP contribution < -0.4 is 4.90 Å². The lowest BCUT2D eigenvalue weighted by Crippen LogP contribution is -2.57. The number of hydrogen-bond donors (Lipinski definition) is 0. The van der Waals surface area contributed by atoms with Crippen molar-refractivity contribution in [3.63, 3.8) is 0 Å². The molecular weight excluding hydrogens is 570 g/mol. The molecule has 9 heteroatoms. The van der Waals surface area contributed by atoms with Gasteiger partial charge >= 0.3 is 0 Å². The van der Waals surface area contributed by atoms with Crippen LogP contribution in [0.2, 0.25) is 0 Å². The highest BCUT2D eigenvalue weighted by molar-refractivity contribution is 5.94. The first-order chi connectivity index (χ1) is 22.0. The molecule has 1 amide bonds. The summed E-state index contributed by atoms with van der Waals surface area (Å²) in [6.07, 6.45) is 4.92. The van der Waals surface area contributed by atoms with Gasteiger partial charge in [-0.15, -0.1) is 5.10 Å². The number of rotatable bonds is 7. The van der Waals surface area contributed by atoms with Gasteiger partial charge in [-0.05, 0) is 84.0 Å². The lowest BCUT2D eigenvalue weighted by molar-refractivity contribution is -0.133. The maximum absolute atomic E-state index is 14.3. The van der Waals surface area contributed by atoms with Crippen LogP contribution >= 0.6 is 0 Å². The number of halogens is 2. The van der Waals surface area contributed by atoms with Crippen molar-refractivity contribution in [3.8, 4) is 11.3 Å². The first-order valence-corrected chi connectivity index (χ1v) is 15.7. The zero-order valence-corrected chi connectivity index (χ0v) is 24.9. The molecule has 3 aliphatic rings. The molecule has 228 valence electrons. The van der Waals surface area contributed by atoms with E-state index in [2.05, 4.69) is 56.5 Å². The van der Waals surface area contributed by atoms with Gasteiger partial charge in [0.1, 0.15) is 22.9 Å². The number of nitrogens with zero attached hydrogens (tertiary/aromatic N) is 6. The maximum Gasteiger partial charge on any atom is 0.250 e. The van der Waals surface area contributed by atoms with Gasteiger partial charge < -0.3 is 9.80 Å². The molecule has 1 atom stereocenters. The fourth-order valence-corrected chi connectivity index (χ4v) is 7.74. The molecule has 2 aliphatic heterocycles. The molecule has 0 N–H and O–H groups in total. The fourth-order valence-electron chi connectivity index (χ4n) is 7.74. The first kappa shape index (κ1) is 27.9. The maximum atomic E-state index is 14.3. The molecule has 4 aromatic carbocycles. The second kappa shape index (κ2) is 11.1. The van der Waals surface area contributed by atoms with E-state index < -0.39 is 5.54 Å². The Balaban J connectivity index is 0.984. The monoisotopic (exact) mass is 604 g/mol. The number of carbonyl (C=O) groups is 1. The Morgan fingerprint density at radius 3 is 2.44 bits per heavy atom. The van der Waals surface area contributed by atoms with Gasteiger partial charge in [0.2, 0.25) is 5.91 Å². The van der Waals surface area contributed by atoms with Gasteiger partial charge in [-0.25, -0.2) is 8.78 Å². The SMILES string of the molecule is O=C1N(CCCn2cc(-c3cccc(F)c3)nn2)CN(c2ccc(F)cc2)C12CCN(C1Cc3cccc4cccc1c34)CC2. The predicted octanol–water partition coefficient (Wildman–Crippen LogP) is 6.20. The van der Waals surface area contributed by atoms with Crippen molar-refractivity contribution >= 4 is 22.4 Å². The molecular formula is C36H34F2N6O. The average Bonchev–Trinajstić information content (AvgIpc) is 3.76. The Hall–Kier alpha value is -4.63. The second-order valence-electron chi connectivity index (χ2n) is 12.5. The van der Waals surface area contributed by atoms with Crippen molar-refractivity contribution < 1.29 is 13.6 Å². The largest absolute Gasteiger partial charge is 0.339 e. The molecule has 0 bridgehead atoms.